The molecule has 4 fully saturated rings. The second-order valence-electron chi connectivity index (χ2n) is 33.6. The number of likely N-dealkylation sites (N-methyl/N-ethyl adjacent to an activating group) is 7. The number of nitrogens with zero attached hydrogens (tertiary/aromatic N) is 9. The molecule has 0 aromatic heterocycles. The highest BCUT2D eigenvalue weighted by Crippen LogP contribution is 2.39. The molecule has 2 aliphatic carbocycles. The lowest BCUT2D eigenvalue weighted by Crippen LogP contribution is -2.65. The van der Waals surface area contributed by atoms with Gasteiger partial charge in [-0.3, -0.25) is 57.6 Å². The van der Waals surface area contributed by atoms with Gasteiger partial charge in [-0.15, -0.1) is 0 Å². The van der Waals surface area contributed by atoms with Gasteiger partial charge in [-0.25, -0.2) is 18.4 Å². The van der Waals surface area contributed by atoms with Crippen LogP contribution in [-0.4, -0.2) is 262 Å². The molecule has 3 aromatic carbocycles. The van der Waals surface area contributed by atoms with Crippen molar-refractivity contribution in [3.05, 3.63) is 106 Å². The van der Waals surface area contributed by atoms with Crippen molar-refractivity contribution < 1.29 is 93.8 Å². The number of alkyl halides is 3. The molecule has 2 heterocycles. The third-order valence-corrected chi connectivity index (χ3v) is 23.2. The summed E-state index contributed by atoms with van der Waals surface area (Å²) in [5.41, 5.74) is -2.67. The lowest BCUT2D eigenvalue weighted by molar-refractivity contribution is -0.172. The SMILES string of the molecule is CC[C@H](C)[C@H](NC(=O)[C@H](CC(C)C)N(C)C(=O)C[C@@H](C(=O)N(C)C)N(C)C(=O)[C@H](C1CCCC1)N(C)C(=O)C1(NC(=O)[C@@H]2CCCN2C(=O)[C@H](CCc2cc(F)c(C(F)(F)F)c(F)c2)NC(=O)CN(C)C(=O)[C@H](Cc2ccc(C)cc2)N(CC)C(=O)OCc2ccccc2)CCCC1)C(=O)N(C)[C@@H](C)C(=O)N1CC[C@H]1C(=O)OC(C)(C)C. The van der Waals surface area contributed by atoms with Gasteiger partial charge in [0.2, 0.25) is 65.0 Å². The highest BCUT2D eigenvalue weighted by Gasteiger charge is 2.52. The summed E-state index contributed by atoms with van der Waals surface area (Å²) in [5, 5.41) is 8.50. The number of carbonyl (C=O) groups is 13. The second-order valence-corrected chi connectivity index (χ2v) is 33.6. The highest BCUT2D eigenvalue weighted by atomic mass is 19.4. The summed E-state index contributed by atoms with van der Waals surface area (Å²) in [6, 6.07) is 5.69. The topological polar surface area (TPSA) is 306 Å². The third kappa shape index (κ3) is 24.0. The number of nitrogens with one attached hydrogen (secondary N) is 3. The number of halogens is 5. The van der Waals surface area contributed by atoms with Gasteiger partial charge >= 0.3 is 18.2 Å². The summed E-state index contributed by atoms with van der Waals surface area (Å²) in [6.07, 6.45) is -3.43. The number of rotatable bonds is 35. The van der Waals surface area contributed by atoms with Crippen molar-refractivity contribution >= 4 is 77.0 Å². The van der Waals surface area contributed by atoms with Gasteiger partial charge < -0.3 is 64.6 Å². The van der Waals surface area contributed by atoms with E-state index in [9.17, 15) is 56.3 Å². The van der Waals surface area contributed by atoms with Crippen LogP contribution in [0.15, 0.2) is 66.7 Å². The summed E-state index contributed by atoms with van der Waals surface area (Å²) >= 11 is 0. The molecule has 646 valence electrons. The molecular weight excluding hydrogens is 1520 g/mol. The van der Waals surface area contributed by atoms with Crippen molar-refractivity contribution in [2.45, 2.75) is 257 Å². The van der Waals surface area contributed by atoms with Crippen molar-refractivity contribution in [2.75, 3.05) is 75.5 Å². The van der Waals surface area contributed by atoms with Crippen LogP contribution in [0.3, 0.4) is 0 Å². The van der Waals surface area contributed by atoms with Crippen LogP contribution in [0.1, 0.15) is 186 Å². The lowest BCUT2D eigenvalue weighted by Gasteiger charge is -2.43. The fraction of sp³-hybridized carbons (Fsp3) is 0.635. The largest absolute Gasteiger partial charge is 0.458 e. The molecule has 10 atom stereocenters. The van der Waals surface area contributed by atoms with E-state index in [1.807, 2.05) is 39.8 Å². The summed E-state index contributed by atoms with van der Waals surface area (Å²) in [5.74, 6) is -13.5. The quantitative estimate of drug-likeness (QED) is 0.0368. The van der Waals surface area contributed by atoms with Crippen LogP contribution in [0.4, 0.5) is 26.7 Å². The number of benzene rings is 3. The number of amides is 12. The van der Waals surface area contributed by atoms with Crippen molar-refractivity contribution in [1.29, 1.82) is 0 Å². The van der Waals surface area contributed by atoms with Crippen LogP contribution in [-0.2, 0) is 92.6 Å². The average molecular weight is 1650 g/mol. The summed E-state index contributed by atoms with van der Waals surface area (Å²) in [4.78, 5) is 201. The first-order valence-corrected chi connectivity index (χ1v) is 40.7. The predicted octanol–water partition coefficient (Wildman–Crippen LogP) is 8.37. The Balaban J connectivity index is 1.11. The van der Waals surface area contributed by atoms with Gasteiger partial charge in [0.15, 0.2) is 0 Å². The minimum atomic E-state index is -5.40. The zero-order chi connectivity index (χ0) is 87.0. The van der Waals surface area contributed by atoms with Crippen LogP contribution in [0, 0.1) is 36.3 Å². The summed E-state index contributed by atoms with van der Waals surface area (Å²) < 4.78 is 82.9. The van der Waals surface area contributed by atoms with Crippen LogP contribution in [0.5, 0.6) is 0 Å². The van der Waals surface area contributed by atoms with Crippen LogP contribution in [0.25, 0.3) is 0 Å². The van der Waals surface area contributed by atoms with E-state index in [0.29, 0.717) is 74.6 Å². The molecule has 0 bridgehead atoms. The first-order valence-electron chi connectivity index (χ1n) is 40.7. The molecule has 3 aromatic rings. The normalized spacial score (nSPS) is 18.1. The number of aryl methyl sites for hydroxylation is 2. The molecule has 3 N–H and O–H groups in total. The molecule has 0 radical (unpaired) electrons. The monoisotopic (exact) mass is 1640 g/mol. The van der Waals surface area contributed by atoms with Gasteiger partial charge in [0.1, 0.15) is 89.3 Å². The number of hydrogen-bond acceptors (Lipinski definition) is 15. The Bertz CT molecular complexity index is 4010. The maximum Gasteiger partial charge on any atom is 0.422 e. The number of ether oxygens (including phenoxy) is 2. The van der Waals surface area contributed by atoms with E-state index < -0.39 is 204 Å². The Morgan fingerprint density at radius 3 is 1.79 bits per heavy atom. The van der Waals surface area contributed by atoms with E-state index in [2.05, 4.69) is 16.0 Å². The molecule has 2 aliphatic heterocycles. The summed E-state index contributed by atoms with van der Waals surface area (Å²) in [6.45, 7) is 16.8. The molecule has 117 heavy (non-hydrogen) atoms. The zero-order valence-electron chi connectivity index (χ0n) is 70.9. The third-order valence-electron chi connectivity index (χ3n) is 23.2. The van der Waals surface area contributed by atoms with E-state index in [1.54, 1.807) is 77.1 Å². The van der Waals surface area contributed by atoms with E-state index in [1.165, 1.54) is 90.6 Å². The Morgan fingerprint density at radius 1 is 0.632 bits per heavy atom. The molecule has 2 saturated heterocycles. The van der Waals surface area contributed by atoms with Crippen molar-refractivity contribution in [3.8, 4) is 0 Å². The van der Waals surface area contributed by atoms with Gasteiger partial charge in [-0.05, 0) is 152 Å². The summed E-state index contributed by atoms with van der Waals surface area (Å²) in [7, 11) is 9.81. The van der Waals surface area contributed by atoms with Crippen molar-refractivity contribution in [1.82, 2.24) is 60.0 Å². The molecule has 7 rings (SSSR count). The number of esters is 1. The molecular formula is C85H121F5N12O15. The number of carbonyl (C=O) groups excluding carboxylic acids is 13. The Labute approximate surface area is 684 Å². The van der Waals surface area contributed by atoms with Gasteiger partial charge in [0.25, 0.3) is 0 Å². The molecule has 4 aliphatic rings. The molecule has 2 saturated carbocycles. The maximum absolute atomic E-state index is 15.7. The fourth-order valence-corrected chi connectivity index (χ4v) is 16.0. The van der Waals surface area contributed by atoms with E-state index in [4.69, 9.17) is 9.47 Å². The smallest absolute Gasteiger partial charge is 0.422 e. The van der Waals surface area contributed by atoms with Crippen LogP contribution in [0.2, 0.25) is 0 Å². The molecule has 27 nitrogen and oxygen atoms in total. The minimum absolute atomic E-state index is 0.00712. The predicted molar refractivity (Wildman–Crippen MR) is 425 cm³/mol. The molecule has 0 unspecified atom stereocenters. The number of hydrogen-bond donors (Lipinski definition) is 3. The number of likely N-dealkylation sites (tertiary alicyclic amines) is 2. The zero-order valence-corrected chi connectivity index (χ0v) is 70.9. The first kappa shape index (κ1) is 94.4. The van der Waals surface area contributed by atoms with Crippen LogP contribution >= 0.6 is 0 Å². The molecule has 32 heteroatoms. The Kier molecular flexibility index (Phi) is 33.1. The fourth-order valence-electron chi connectivity index (χ4n) is 16.0. The van der Waals surface area contributed by atoms with Gasteiger partial charge in [-0.2, -0.15) is 13.2 Å². The molecule has 0 spiro atoms. The second kappa shape index (κ2) is 41.1. The lowest BCUT2D eigenvalue weighted by atomic mass is 9.90. The standard InChI is InChI=1S/C85H121F5N12O15/c1-18-53(6)70(78(111)96(14)54(7)74(107)102-43-39-63(102)80(113)117-83(8,9)10)92-72(105)64(44-51(3)4)97(15)68(104)48-65(76(109)94(11)12)98(16)79(112)71(58-30-23-24-31-58)99(17)81(114)84(40-25-26-41-84)93-73(106)62-32-27-42-101(62)75(108)61(38-37-57-45-59(86)69(60(87)46-57)85(88,89)90)91-67(103)49-95(13)77(110)66(47-55-35-33-52(5)34-36-55)100(19-2)82(115)116-50-56-28-21-20-22-29-56/h20-22,28-29,33-36,45-46,51,53-54,58,61-66,70-71H,18-19,23-27,30-32,37-44,47-50H2,1-17H3,(H,91,103)(H,92,105)(H,93,106)/t53-,54-,61-,62-,63-,64-,65-,66-,70-,71-/m0/s1. The van der Waals surface area contributed by atoms with Crippen LogP contribution < -0.4 is 16.0 Å². The van der Waals surface area contributed by atoms with E-state index >= 15 is 28.0 Å². The Morgan fingerprint density at radius 2 is 1.24 bits per heavy atom. The van der Waals surface area contributed by atoms with Gasteiger partial charge in [0.05, 0.1) is 13.0 Å². The van der Waals surface area contributed by atoms with Gasteiger partial charge in [-0.1, -0.05) is 120 Å². The highest BCUT2D eigenvalue weighted by molar-refractivity contribution is 6.01. The average Bonchev–Trinajstić information content (AvgIpc) is 1.72. The van der Waals surface area contributed by atoms with E-state index in [0.717, 1.165) is 15.4 Å². The van der Waals surface area contributed by atoms with Gasteiger partial charge in [0, 0.05) is 75.4 Å². The first-order chi connectivity index (χ1) is 54.9. The van der Waals surface area contributed by atoms with E-state index in [-0.39, 0.29) is 76.2 Å². The molecule has 12 amide bonds. The Hall–Kier alpha value is -9.78. The van der Waals surface area contributed by atoms with Crippen molar-refractivity contribution in [2.24, 2.45) is 17.8 Å². The minimum Gasteiger partial charge on any atom is -0.458 e. The van der Waals surface area contributed by atoms with Crippen molar-refractivity contribution in [3.63, 3.8) is 0 Å². The maximum atomic E-state index is 15.7.